The van der Waals surface area contributed by atoms with Crippen molar-refractivity contribution in [1.82, 2.24) is 4.90 Å². The van der Waals surface area contributed by atoms with Crippen LogP contribution in [-0.2, 0) is 15.0 Å². The molecule has 0 aliphatic carbocycles. The van der Waals surface area contributed by atoms with Gasteiger partial charge in [0.25, 0.3) is 0 Å². The summed E-state index contributed by atoms with van der Waals surface area (Å²) in [5.41, 5.74) is 0.734. The minimum atomic E-state index is -0.807. The molecule has 4 rings (SSSR count). The molecule has 2 fully saturated rings. The van der Waals surface area contributed by atoms with Crippen molar-refractivity contribution in [3.05, 3.63) is 54.1 Å². The van der Waals surface area contributed by atoms with Crippen molar-refractivity contribution < 1.29 is 19.1 Å². The summed E-state index contributed by atoms with van der Waals surface area (Å²) in [7, 11) is 3.20. The van der Waals surface area contributed by atoms with E-state index in [9.17, 15) is 9.59 Å². The third kappa shape index (κ3) is 3.09. The molecule has 0 aromatic heterocycles. The van der Waals surface area contributed by atoms with E-state index in [-0.39, 0.29) is 17.9 Å². The summed E-state index contributed by atoms with van der Waals surface area (Å²) in [5, 5.41) is 3.04. The Labute approximate surface area is 164 Å². The van der Waals surface area contributed by atoms with Crippen LogP contribution in [0.4, 0.5) is 5.69 Å². The molecule has 0 unspecified atom stereocenters. The maximum absolute atomic E-state index is 13.5. The average Bonchev–Trinajstić information content (AvgIpc) is 3.28. The smallest absolute Gasteiger partial charge is 0.236 e. The van der Waals surface area contributed by atoms with Crippen LogP contribution in [-0.4, -0.2) is 43.5 Å². The zero-order valence-corrected chi connectivity index (χ0v) is 16.1. The fourth-order valence-corrected chi connectivity index (χ4v) is 4.36. The Morgan fingerprint density at radius 3 is 2.54 bits per heavy atom. The molecule has 0 bridgehead atoms. The Balaban J connectivity index is 1.70. The molecule has 2 aliphatic heterocycles. The van der Waals surface area contributed by atoms with E-state index in [0.29, 0.717) is 36.6 Å². The lowest BCUT2D eigenvalue weighted by Gasteiger charge is -2.29. The van der Waals surface area contributed by atoms with E-state index in [1.807, 2.05) is 47.4 Å². The summed E-state index contributed by atoms with van der Waals surface area (Å²) in [6, 6.07) is 15.0. The number of ether oxygens (including phenoxy) is 2. The van der Waals surface area contributed by atoms with Crippen LogP contribution in [0.1, 0.15) is 24.8 Å². The van der Waals surface area contributed by atoms with Gasteiger partial charge >= 0.3 is 0 Å². The maximum atomic E-state index is 13.5. The molecule has 146 valence electrons. The van der Waals surface area contributed by atoms with E-state index >= 15 is 0 Å². The van der Waals surface area contributed by atoms with E-state index in [1.54, 1.807) is 20.3 Å². The highest BCUT2D eigenvalue weighted by Crippen LogP contribution is 2.44. The van der Waals surface area contributed by atoms with Crippen LogP contribution in [0.5, 0.6) is 11.5 Å². The molecule has 2 aliphatic rings. The number of carbonyl (C=O) groups is 2. The number of rotatable bonds is 5. The molecule has 0 radical (unpaired) electrons. The third-order valence-electron chi connectivity index (χ3n) is 5.86. The first-order valence-corrected chi connectivity index (χ1v) is 9.45. The Hall–Kier alpha value is -3.02. The molecular formula is C22H24N2O4. The van der Waals surface area contributed by atoms with Gasteiger partial charge in [-0.3, -0.25) is 9.59 Å². The van der Waals surface area contributed by atoms with Gasteiger partial charge in [0, 0.05) is 30.8 Å². The van der Waals surface area contributed by atoms with Crippen molar-refractivity contribution in [2.75, 3.05) is 26.1 Å². The fourth-order valence-electron chi connectivity index (χ4n) is 4.36. The van der Waals surface area contributed by atoms with Gasteiger partial charge in [-0.15, -0.1) is 0 Å². The molecule has 1 N–H and O–H groups in total. The Morgan fingerprint density at radius 1 is 1.11 bits per heavy atom. The molecule has 2 heterocycles. The lowest BCUT2D eigenvalue weighted by atomic mass is 9.76. The summed E-state index contributed by atoms with van der Waals surface area (Å²) in [5.74, 6) is 1.39. The van der Waals surface area contributed by atoms with Crippen molar-refractivity contribution in [2.24, 2.45) is 0 Å². The number of anilines is 1. The lowest BCUT2D eigenvalue weighted by Crippen LogP contribution is -2.43. The molecule has 2 aromatic rings. The number of methoxy groups -OCH3 is 2. The normalized spacial score (nSPS) is 23.4. The number of carbonyl (C=O) groups excluding carboxylic acids is 2. The van der Waals surface area contributed by atoms with E-state index in [2.05, 4.69) is 5.32 Å². The Morgan fingerprint density at radius 2 is 1.82 bits per heavy atom. The van der Waals surface area contributed by atoms with Gasteiger partial charge in [-0.25, -0.2) is 0 Å². The number of fused-ring (bicyclic) bond motifs is 1. The van der Waals surface area contributed by atoms with Crippen LogP contribution in [0.25, 0.3) is 0 Å². The van der Waals surface area contributed by atoms with Crippen LogP contribution in [0.15, 0.2) is 48.5 Å². The first-order chi connectivity index (χ1) is 13.6. The van der Waals surface area contributed by atoms with Crippen LogP contribution in [0, 0.1) is 0 Å². The largest absolute Gasteiger partial charge is 0.497 e. The summed E-state index contributed by atoms with van der Waals surface area (Å²) < 4.78 is 10.6. The van der Waals surface area contributed by atoms with Gasteiger partial charge in [0.15, 0.2) is 0 Å². The van der Waals surface area contributed by atoms with Crippen LogP contribution >= 0.6 is 0 Å². The van der Waals surface area contributed by atoms with Gasteiger partial charge in [0.2, 0.25) is 11.8 Å². The molecular weight excluding hydrogens is 356 g/mol. The van der Waals surface area contributed by atoms with E-state index in [0.717, 1.165) is 12.0 Å². The molecule has 6 nitrogen and oxygen atoms in total. The zero-order chi connectivity index (χ0) is 19.7. The second kappa shape index (κ2) is 7.19. The number of hydrogen-bond donors (Lipinski definition) is 1. The monoisotopic (exact) mass is 380 g/mol. The molecule has 2 saturated heterocycles. The molecule has 0 saturated carbocycles. The molecule has 2 atom stereocenters. The predicted molar refractivity (Wildman–Crippen MR) is 106 cm³/mol. The Bertz CT molecular complexity index is 913. The van der Waals surface area contributed by atoms with Crippen molar-refractivity contribution in [1.29, 1.82) is 0 Å². The standard InChI is InChI=1S/C22H24N2O4/c1-27-18-7-3-5-15(11-18)22(13-17-9-10-20(25)24(17)14-22)21(26)23-16-6-4-8-19(12-16)28-2/h3-8,11-12,17H,9-10,13-14H2,1-2H3,(H,23,26)/t17-,22-/m0/s1. The number of nitrogens with zero attached hydrogens (tertiary/aromatic N) is 1. The molecule has 6 heteroatoms. The van der Waals surface area contributed by atoms with Crippen molar-refractivity contribution in [3.63, 3.8) is 0 Å². The highest BCUT2D eigenvalue weighted by Gasteiger charge is 2.53. The second-order valence-corrected chi connectivity index (χ2v) is 7.42. The lowest BCUT2D eigenvalue weighted by molar-refractivity contribution is -0.128. The summed E-state index contributed by atoms with van der Waals surface area (Å²) in [6.07, 6.45) is 1.98. The minimum absolute atomic E-state index is 0.106. The van der Waals surface area contributed by atoms with Crippen molar-refractivity contribution in [3.8, 4) is 11.5 Å². The minimum Gasteiger partial charge on any atom is -0.497 e. The van der Waals surface area contributed by atoms with E-state index in [4.69, 9.17) is 9.47 Å². The van der Waals surface area contributed by atoms with Gasteiger partial charge in [-0.05, 0) is 42.7 Å². The topological polar surface area (TPSA) is 67.9 Å². The first kappa shape index (κ1) is 18.3. The van der Waals surface area contributed by atoms with E-state index in [1.165, 1.54) is 0 Å². The highest BCUT2D eigenvalue weighted by atomic mass is 16.5. The fraction of sp³-hybridized carbons (Fsp3) is 0.364. The molecule has 28 heavy (non-hydrogen) atoms. The van der Waals surface area contributed by atoms with Gasteiger partial charge < -0.3 is 19.7 Å². The highest BCUT2D eigenvalue weighted by molar-refractivity contribution is 6.01. The second-order valence-electron chi connectivity index (χ2n) is 7.42. The quantitative estimate of drug-likeness (QED) is 0.866. The Kier molecular flexibility index (Phi) is 4.71. The number of nitrogens with one attached hydrogen (secondary N) is 1. The third-order valence-corrected chi connectivity index (χ3v) is 5.86. The van der Waals surface area contributed by atoms with Gasteiger partial charge in [-0.2, -0.15) is 0 Å². The van der Waals surface area contributed by atoms with Crippen LogP contribution < -0.4 is 14.8 Å². The number of hydrogen-bond acceptors (Lipinski definition) is 4. The van der Waals surface area contributed by atoms with Gasteiger partial charge in [-0.1, -0.05) is 18.2 Å². The number of amides is 2. The molecule has 2 amide bonds. The summed E-state index contributed by atoms with van der Waals surface area (Å²) in [4.78, 5) is 27.7. The van der Waals surface area contributed by atoms with Crippen molar-refractivity contribution in [2.45, 2.75) is 30.7 Å². The summed E-state index contributed by atoms with van der Waals surface area (Å²) in [6.45, 7) is 0.388. The zero-order valence-electron chi connectivity index (χ0n) is 16.1. The molecule has 2 aromatic carbocycles. The van der Waals surface area contributed by atoms with Crippen LogP contribution in [0.3, 0.4) is 0 Å². The van der Waals surface area contributed by atoms with Gasteiger partial charge in [0.05, 0.1) is 19.6 Å². The van der Waals surface area contributed by atoms with Crippen molar-refractivity contribution >= 4 is 17.5 Å². The van der Waals surface area contributed by atoms with Crippen LogP contribution in [0.2, 0.25) is 0 Å². The number of benzene rings is 2. The van der Waals surface area contributed by atoms with Gasteiger partial charge in [0.1, 0.15) is 11.5 Å². The SMILES string of the molecule is COc1cccc(NC(=O)[C@@]2(c3cccc(OC)c3)C[C@@H]3CCC(=O)N3C2)c1. The average molecular weight is 380 g/mol. The molecule has 0 spiro atoms. The predicted octanol–water partition coefficient (Wildman–Crippen LogP) is 2.98. The maximum Gasteiger partial charge on any atom is 0.236 e. The summed E-state index contributed by atoms with van der Waals surface area (Å²) >= 11 is 0. The first-order valence-electron chi connectivity index (χ1n) is 9.45. The van der Waals surface area contributed by atoms with E-state index < -0.39 is 5.41 Å².